The number of piperazine rings is 1. The van der Waals surface area contributed by atoms with Gasteiger partial charge in [-0.3, -0.25) is 4.79 Å². The third-order valence-corrected chi connectivity index (χ3v) is 6.84. The Morgan fingerprint density at radius 1 is 1.19 bits per heavy atom. The fourth-order valence-corrected chi connectivity index (χ4v) is 4.91. The van der Waals surface area contributed by atoms with Crippen molar-refractivity contribution in [2.24, 2.45) is 0 Å². The maximum Gasteiger partial charge on any atom is 0.243 e. The third kappa shape index (κ3) is 3.58. The van der Waals surface area contributed by atoms with Crippen molar-refractivity contribution in [2.45, 2.75) is 38.2 Å². The lowest BCUT2D eigenvalue weighted by molar-refractivity contribution is -0.117. The molecule has 7 nitrogen and oxygen atoms in total. The monoisotopic (exact) mass is 381 g/mol. The van der Waals surface area contributed by atoms with E-state index in [1.165, 1.54) is 11.2 Å². The molecule has 8 heteroatoms. The van der Waals surface area contributed by atoms with Gasteiger partial charge in [0.1, 0.15) is 11.4 Å². The number of rotatable bonds is 3. The molecule has 0 spiro atoms. The molecule has 0 aliphatic carbocycles. The minimum Gasteiger partial charge on any atom is -0.484 e. The van der Waals surface area contributed by atoms with Crippen LogP contribution in [0.25, 0.3) is 0 Å². The van der Waals surface area contributed by atoms with Crippen molar-refractivity contribution < 1.29 is 17.9 Å². The van der Waals surface area contributed by atoms with Gasteiger partial charge in [-0.15, -0.1) is 0 Å². The molecule has 144 valence electrons. The van der Waals surface area contributed by atoms with E-state index in [1.54, 1.807) is 23.1 Å². The molecule has 1 aromatic rings. The molecule has 0 radical (unpaired) electrons. The number of amides is 1. The first-order chi connectivity index (χ1) is 12.1. The van der Waals surface area contributed by atoms with Crippen LogP contribution in [0.2, 0.25) is 0 Å². The van der Waals surface area contributed by atoms with Crippen LogP contribution in [0.1, 0.15) is 27.7 Å². The van der Waals surface area contributed by atoms with Crippen LogP contribution >= 0.6 is 0 Å². The van der Waals surface area contributed by atoms with Crippen LogP contribution in [0, 0.1) is 0 Å². The van der Waals surface area contributed by atoms with Crippen LogP contribution in [0.4, 0.5) is 5.69 Å². The van der Waals surface area contributed by atoms with E-state index < -0.39 is 15.6 Å². The Labute approximate surface area is 155 Å². The van der Waals surface area contributed by atoms with Crippen LogP contribution in [-0.2, 0) is 14.8 Å². The molecule has 1 fully saturated rings. The molecular formula is C18H27N3O4S. The molecule has 1 amide bonds. The number of anilines is 1. The highest BCUT2D eigenvalue weighted by Gasteiger charge is 2.35. The minimum absolute atomic E-state index is 0.131. The highest BCUT2D eigenvalue weighted by molar-refractivity contribution is 7.89. The van der Waals surface area contributed by atoms with Gasteiger partial charge >= 0.3 is 0 Å². The van der Waals surface area contributed by atoms with Crippen LogP contribution in [0.3, 0.4) is 0 Å². The smallest absolute Gasteiger partial charge is 0.243 e. The van der Waals surface area contributed by atoms with E-state index in [0.717, 1.165) is 19.6 Å². The summed E-state index contributed by atoms with van der Waals surface area (Å²) in [6.45, 7) is 11.1. The predicted molar refractivity (Wildman–Crippen MR) is 100 cm³/mol. The summed E-state index contributed by atoms with van der Waals surface area (Å²) in [6, 6.07) is 4.79. The van der Waals surface area contributed by atoms with Gasteiger partial charge in [-0.25, -0.2) is 8.42 Å². The number of fused-ring (bicyclic) bond motifs is 1. The van der Waals surface area contributed by atoms with Gasteiger partial charge in [0.15, 0.2) is 0 Å². The lowest BCUT2D eigenvalue weighted by Gasteiger charge is -2.39. The third-order valence-electron chi connectivity index (χ3n) is 4.94. The van der Waals surface area contributed by atoms with E-state index in [0.29, 0.717) is 31.1 Å². The lowest BCUT2D eigenvalue weighted by Crippen LogP contribution is -2.49. The van der Waals surface area contributed by atoms with Crippen molar-refractivity contribution in [3.05, 3.63) is 18.2 Å². The summed E-state index contributed by atoms with van der Waals surface area (Å²) in [5, 5.41) is 0. The van der Waals surface area contributed by atoms with E-state index >= 15 is 0 Å². The molecule has 1 aromatic carbocycles. The predicted octanol–water partition coefficient (Wildman–Crippen LogP) is 1.54. The van der Waals surface area contributed by atoms with Crippen molar-refractivity contribution in [2.75, 3.05) is 44.2 Å². The maximum atomic E-state index is 13.0. The zero-order valence-corrected chi connectivity index (χ0v) is 16.7. The Morgan fingerprint density at radius 2 is 1.85 bits per heavy atom. The Hall–Kier alpha value is -1.64. The Bertz CT molecular complexity index is 799. The molecule has 2 aliphatic heterocycles. The quantitative estimate of drug-likeness (QED) is 0.794. The summed E-state index contributed by atoms with van der Waals surface area (Å²) in [6.07, 6.45) is 0. The summed E-state index contributed by atoms with van der Waals surface area (Å²) in [5.41, 5.74) is 0.000295. The number of carbonyl (C=O) groups excluding carboxylic acids is 1. The van der Waals surface area contributed by atoms with Crippen molar-refractivity contribution in [1.29, 1.82) is 0 Å². The molecule has 0 N–H and O–H groups in total. The SMILES string of the molecule is CCN1CCN(S(=O)(=O)c2ccc3c(c2)N(C(C)=O)CC(C)(C)O3)CC1. The average Bonchev–Trinajstić information content (AvgIpc) is 2.59. The maximum absolute atomic E-state index is 13.0. The van der Waals surface area contributed by atoms with Crippen molar-refractivity contribution in [1.82, 2.24) is 9.21 Å². The molecule has 3 rings (SSSR count). The van der Waals surface area contributed by atoms with Gasteiger partial charge in [-0.2, -0.15) is 4.31 Å². The van der Waals surface area contributed by atoms with Crippen LogP contribution in [0.15, 0.2) is 23.1 Å². The van der Waals surface area contributed by atoms with Crippen molar-refractivity contribution in [3.8, 4) is 5.75 Å². The second-order valence-corrected chi connectivity index (χ2v) is 9.37. The molecule has 2 aliphatic rings. The molecule has 1 saturated heterocycles. The highest BCUT2D eigenvalue weighted by Crippen LogP contribution is 2.39. The standard InChI is InChI=1S/C18H27N3O4S/c1-5-19-8-10-20(11-9-19)26(23,24)15-6-7-17-16(12-15)21(14(2)22)13-18(3,4)25-17/h6-7,12H,5,8-11,13H2,1-4H3. The van der Waals surface area contributed by atoms with E-state index in [-0.39, 0.29) is 10.8 Å². The summed E-state index contributed by atoms with van der Waals surface area (Å²) >= 11 is 0. The first-order valence-corrected chi connectivity index (χ1v) is 10.4. The number of benzene rings is 1. The molecule has 0 unspecified atom stereocenters. The average molecular weight is 381 g/mol. The van der Waals surface area contributed by atoms with Crippen LogP contribution in [-0.4, -0.2) is 68.4 Å². The van der Waals surface area contributed by atoms with E-state index in [1.807, 2.05) is 13.8 Å². The van der Waals surface area contributed by atoms with Crippen LogP contribution < -0.4 is 9.64 Å². The zero-order chi connectivity index (χ0) is 19.1. The van der Waals surface area contributed by atoms with Gasteiger partial charge in [-0.05, 0) is 38.6 Å². The van der Waals surface area contributed by atoms with Crippen LogP contribution in [0.5, 0.6) is 5.75 Å². The lowest BCUT2D eigenvalue weighted by atomic mass is 10.1. The topological polar surface area (TPSA) is 70.2 Å². The van der Waals surface area contributed by atoms with E-state index in [9.17, 15) is 13.2 Å². The first-order valence-electron chi connectivity index (χ1n) is 8.98. The highest BCUT2D eigenvalue weighted by atomic mass is 32.2. The fourth-order valence-electron chi connectivity index (χ4n) is 3.47. The largest absolute Gasteiger partial charge is 0.484 e. The number of nitrogens with zero attached hydrogens (tertiary/aromatic N) is 3. The molecule has 0 bridgehead atoms. The summed E-state index contributed by atoms with van der Waals surface area (Å²) in [7, 11) is -3.59. The summed E-state index contributed by atoms with van der Waals surface area (Å²) in [5.74, 6) is 0.403. The number of hydrogen-bond donors (Lipinski definition) is 0. The van der Waals surface area contributed by atoms with E-state index in [2.05, 4.69) is 11.8 Å². The molecule has 26 heavy (non-hydrogen) atoms. The van der Waals surface area contributed by atoms with Gasteiger partial charge in [0.2, 0.25) is 15.9 Å². The second-order valence-electron chi connectivity index (χ2n) is 7.43. The molecule has 0 aromatic heterocycles. The normalized spacial score (nSPS) is 21.2. The first kappa shape index (κ1) is 19.1. The van der Waals surface area contributed by atoms with Gasteiger partial charge < -0.3 is 14.5 Å². The minimum atomic E-state index is -3.59. The van der Waals surface area contributed by atoms with Crippen molar-refractivity contribution >= 4 is 21.6 Å². The van der Waals surface area contributed by atoms with Gasteiger partial charge in [0, 0.05) is 33.1 Å². The molecule has 0 atom stereocenters. The van der Waals surface area contributed by atoms with Gasteiger partial charge in [0.25, 0.3) is 0 Å². The van der Waals surface area contributed by atoms with Crippen molar-refractivity contribution in [3.63, 3.8) is 0 Å². The van der Waals surface area contributed by atoms with Gasteiger partial charge in [0.05, 0.1) is 17.1 Å². The number of sulfonamides is 1. The van der Waals surface area contributed by atoms with Gasteiger partial charge in [-0.1, -0.05) is 6.92 Å². The Balaban J connectivity index is 1.93. The molecule has 2 heterocycles. The Morgan fingerprint density at radius 3 is 2.42 bits per heavy atom. The molecule has 0 saturated carbocycles. The zero-order valence-electron chi connectivity index (χ0n) is 15.9. The summed E-state index contributed by atoms with van der Waals surface area (Å²) in [4.78, 5) is 16.1. The Kier molecular flexibility index (Phi) is 5.02. The number of carbonyl (C=O) groups is 1. The van der Waals surface area contributed by atoms with E-state index in [4.69, 9.17) is 4.74 Å². The second kappa shape index (κ2) is 6.83. The number of likely N-dealkylation sites (N-methyl/N-ethyl adjacent to an activating group) is 1. The fraction of sp³-hybridized carbons (Fsp3) is 0.611. The number of ether oxygens (including phenoxy) is 1. The molecular weight excluding hydrogens is 354 g/mol. The summed E-state index contributed by atoms with van der Waals surface area (Å²) < 4.78 is 33.5. The number of hydrogen-bond acceptors (Lipinski definition) is 5.